The maximum absolute atomic E-state index is 11.2. The topological polar surface area (TPSA) is 75.4 Å². The number of carbonyl (C=O) groups excluding carboxylic acids is 1. The first kappa shape index (κ1) is 14.3. The van der Waals surface area contributed by atoms with Gasteiger partial charge in [0.25, 0.3) is 0 Å². The van der Waals surface area contributed by atoms with Crippen molar-refractivity contribution in [2.45, 2.75) is 19.1 Å². The van der Waals surface area contributed by atoms with Crippen LogP contribution in [0.15, 0.2) is 18.2 Å². The van der Waals surface area contributed by atoms with Crippen molar-refractivity contribution in [2.24, 2.45) is 5.73 Å². The third kappa shape index (κ3) is 3.85. The van der Waals surface area contributed by atoms with Gasteiger partial charge in [-0.25, -0.2) is 0 Å². The molecule has 0 aliphatic heterocycles. The Balaban J connectivity index is 2.70. The first-order valence-electron chi connectivity index (χ1n) is 5.08. The fraction of sp³-hybridized carbons (Fsp3) is 0.364. The van der Waals surface area contributed by atoms with Gasteiger partial charge in [-0.15, -0.1) is 0 Å². The zero-order valence-corrected chi connectivity index (χ0v) is 10.8. The van der Waals surface area contributed by atoms with Crippen molar-refractivity contribution in [3.8, 4) is 0 Å². The van der Waals surface area contributed by atoms with E-state index in [2.05, 4.69) is 5.32 Å². The highest BCUT2D eigenvalue weighted by atomic mass is 35.5. The Labute approximate surface area is 110 Å². The molecule has 0 radical (unpaired) electrons. The fourth-order valence-electron chi connectivity index (χ4n) is 1.29. The van der Waals surface area contributed by atoms with Crippen LogP contribution in [0.4, 0.5) is 0 Å². The molecule has 0 bridgehead atoms. The van der Waals surface area contributed by atoms with Gasteiger partial charge in [0.2, 0.25) is 5.91 Å². The van der Waals surface area contributed by atoms with Gasteiger partial charge in [0.1, 0.15) is 0 Å². The molecule has 4 nitrogen and oxygen atoms in total. The maximum atomic E-state index is 11.2. The van der Waals surface area contributed by atoms with Crippen LogP contribution in [0.2, 0.25) is 10.0 Å². The number of benzene rings is 1. The first-order chi connectivity index (χ1) is 7.93. The molecule has 0 aromatic heterocycles. The summed E-state index contributed by atoms with van der Waals surface area (Å²) in [6.45, 7) is 1.58. The van der Waals surface area contributed by atoms with E-state index < -0.39 is 12.1 Å². The van der Waals surface area contributed by atoms with Crippen molar-refractivity contribution >= 4 is 29.1 Å². The second kappa shape index (κ2) is 6.21. The molecule has 0 heterocycles. The van der Waals surface area contributed by atoms with Crippen molar-refractivity contribution in [2.75, 3.05) is 6.54 Å². The van der Waals surface area contributed by atoms with E-state index in [4.69, 9.17) is 28.9 Å². The molecule has 1 aromatic carbocycles. The zero-order chi connectivity index (χ0) is 13.0. The van der Waals surface area contributed by atoms with Gasteiger partial charge in [0.15, 0.2) is 0 Å². The van der Waals surface area contributed by atoms with E-state index in [0.717, 1.165) is 0 Å². The Morgan fingerprint density at radius 2 is 2.00 bits per heavy atom. The Morgan fingerprint density at radius 1 is 1.47 bits per heavy atom. The predicted molar refractivity (Wildman–Crippen MR) is 68.1 cm³/mol. The van der Waals surface area contributed by atoms with Gasteiger partial charge in [-0.3, -0.25) is 4.79 Å². The summed E-state index contributed by atoms with van der Waals surface area (Å²) in [7, 11) is 0. The molecule has 0 aliphatic rings. The number of nitrogens with one attached hydrogen (secondary N) is 1. The number of aliphatic hydroxyl groups excluding tert-OH is 1. The molecule has 0 saturated heterocycles. The lowest BCUT2D eigenvalue weighted by Gasteiger charge is -2.16. The molecule has 1 aromatic rings. The number of carbonyl (C=O) groups is 1. The number of halogens is 2. The molecule has 0 spiro atoms. The monoisotopic (exact) mass is 276 g/mol. The third-order valence-electron chi connectivity index (χ3n) is 2.22. The second-order valence-electron chi connectivity index (χ2n) is 3.68. The summed E-state index contributed by atoms with van der Waals surface area (Å²) in [5.41, 5.74) is 5.78. The Hall–Kier alpha value is -0.810. The van der Waals surface area contributed by atoms with Crippen molar-refractivity contribution in [1.82, 2.24) is 5.32 Å². The Bertz CT molecular complexity index is 390. The van der Waals surface area contributed by atoms with Gasteiger partial charge < -0.3 is 16.2 Å². The van der Waals surface area contributed by atoms with Crippen LogP contribution in [0.3, 0.4) is 0 Å². The zero-order valence-electron chi connectivity index (χ0n) is 9.28. The van der Waals surface area contributed by atoms with Crippen molar-refractivity contribution < 1.29 is 9.90 Å². The van der Waals surface area contributed by atoms with Crippen molar-refractivity contribution in [1.29, 1.82) is 0 Å². The molecule has 0 aliphatic carbocycles. The fourth-order valence-corrected chi connectivity index (χ4v) is 1.94. The molecule has 1 rings (SSSR count). The van der Waals surface area contributed by atoms with E-state index in [1.54, 1.807) is 25.1 Å². The van der Waals surface area contributed by atoms with E-state index in [0.29, 0.717) is 15.6 Å². The number of hydrogen-bond donors (Lipinski definition) is 3. The van der Waals surface area contributed by atoms with E-state index in [9.17, 15) is 9.90 Å². The molecule has 0 saturated carbocycles. The summed E-state index contributed by atoms with van der Waals surface area (Å²) >= 11 is 11.8. The van der Waals surface area contributed by atoms with Gasteiger partial charge in [-0.05, 0) is 19.1 Å². The molecule has 4 N–H and O–H groups in total. The average Bonchev–Trinajstić information content (AvgIpc) is 2.25. The van der Waals surface area contributed by atoms with Crippen molar-refractivity contribution in [3.05, 3.63) is 33.8 Å². The Kier molecular flexibility index (Phi) is 5.21. The average molecular weight is 277 g/mol. The van der Waals surface area contributed by atoms with Gasteiger partial charge in [0, 0.05) is 22.2 Å². The van der Waals surface area contributed by atoms with Crippen LogP contribution in [0.25, 0.3) is 0 Å². The lowest BCUT2D eigenvalue weighted by molar-refractivity contribution is -0.122. The summed E-state index contributed by atoms with van der Waals surface area (Å²) in [4.78, 5) is 11.2. The standard InChI is InChI=1S/C11H14Cl2N2O2/c1-6(14)11(17)15-5-9(16)10-7(12)3-2-4-8(10)13/h2-4,6,9,16H,5,14H2,1H3,(H,15,17)/t6-,9?/m0/s1. The Morgan fingerprint density at radius 3 is 2.47 bits per heavy atom. The van der Waals surface area contributed by atoms with E-state index in [-0.39, 0.29) is 12.5 Å². The van der Waals surface area contributed by atoms with E-state index >= 15 is 0 Å². The van der Waals surface area contributed by atoms with Gasteiger partial charge in [0.05, 0.1) is 12.1 Å². The minimum atomic E-state index is -0.959. The quantitative estimate of drug-likeness (QED) is 0.780. The van der Waals surface area contributed by atoms with Gasteiger partial charge in [-0.1, -0.05) is 29.3 Å². The van der Waals surface area contributed by atoms with E-state index in [1.165, 1.54) is 0 Å². The normalized spacial score (nSPS) is 14.2. The summed E-state index contributed by atoms with van der Waals surface area (Å²) in [6, 6.07) is 4.31. The highest BCUT2D eigenvalue weighted by Crippen LogP contribution is 2.29. The molecule has 94 valence electrons. The van der Waals surface area contributed by atoms with Crippen LogP contribution >= 0.6 is 23.2 Å². The van der Waals surface area contributed by atoms with Crippen LogP contribution in [0.1, 0.15) is 18.6 Å². The summed E-state index contributed by atoms with van der Waals surface area (Å²) in [6.07, 6.45) is -0.959. The molecule has 1 unspecified atom stereocenters. The van der Waals surface area contributed by atoms with Crippen LogP contribution in [0.5, 0.6) is 0 Å². The highest BCUT2D eigenvalue weighted by molar-refractivity contribution is 6.36. The minimum absolute atomic E-state index is 0.0177. The largest absolute Gasteiger partial charge is 0.386 e. The van der Waals surface area contributed by atoms with Crippen LogP contribution in [-0.4, -0.2) is 23.6 Å². The smallest absolute Gasteiger partial charge is 0.236 e. The minimum Gasteiger partial charge on any atom is -0.386 e. The molecule has 17 heavy (non-hydrogen) atoms. The number of hydrogen-bond acceptors (Lipinski definition) is 3. The van der Waals surface area contributed by atoms with Gasteiger partial charge in [-0.2, -0.15) is 0 Å². The molecular formula is C11H14Cl2N2O2. The van der Waals surface area contributed by atoms with Gasteiger partial charge >= 0.3 is 0 Å². The third-order valence-corrected chi connectivity index (χ3v) is 2.88. The molecule has 6 heteroatoms. The van der Waals surface area contributed by atoms with E-state index in [1.807, 2.05) is 0 Å². The molecule has 1 amide bonds. The molecule has 2 atom stereocenters. The number of nitrogens with two attached hydrogens (primary N) is 1. The predicted octanol–water partition coefficient (Wildman–Crippen LogP) is 1.49. The van der Waals surface area contributed by atoms with Crippen LogP contribution < -0.4 is 11.1 Å². The maximum Gasteiger partial charge on any atom is 0.236 e. The number of rotatable bonds is 4. The number of amides is 1. The lowest BCUT2D eigenvalue weighted by Crippen LogP contribution is -2.40. The van der Waals surface area contributed by atoms with Crippen LogP contribution in [0, 0.1) is 0 Å². The van der Waals surface area contributed by atoms with Crippen molar-refractivity contribution in [3.63, 3.8) is 0 Å². The molecule has 0 fully saturated rings. The first-order valence-corrected chi connectivity index (χ1v) is 5.84. The summed E-state index contributed by atoms with van der Waals surface area (Å²) in [5.74, 6) is -0.341. The highest BCUT2D eigenvalue weighted by Gasteiger charge is 2.17. The summed E-state index contributed by atoms with van der Waals surface area (Å²) < 4.78 is 0. The lowest BCUT2D eigenvalue weighted by atomic mass is 10.1. The van der Waals surface area contributed by atoms with Crippen LogP contribution in [-0.2, 0) is 4.79 Å². The SMILES string of the molecule is C[C@H](N)C(=O)NCC(O)c1c(Cl)cccc1Cl. The molecular weight excluding hydrogens is 263 g/mol. The second-order valence-corrected chi connectivity index (χ2v) is 4.50. The number of aliphatic hydroxyl groups is 1. The summed E-state index contributed by atoms with van der Waals surface area (Å²) in [5, 5.41) is 13.1.